The van der Waals surface area contributed by atoms with Gasteiger partial charge in [-0.25, -0.2) is 9.97 Å². The van der Waals surface area contributed by atoms with Gasteiger partial charge in [0.15, 0.2) is 11.5 Å². The van der Waals surface area contributed by atoms with Crippen LogP contribution in [-0.4, -0.2) is 24.2 Å². The molecule has 106 valence electrons. The average molecular weight is 339 g/mol. The van der Waals surface area contributed by atoms with Gasteiger partial charge in [-0.05, 0) is 33.6 Å². The van der Waals surface area contributed by atoms with E-state index in [4.69, 9.17) is 20.9 Å². The van der Waals surface area contributed by atoms with Crippen molar-refractivity contribution in [3.05, 3.63) is 34.1 Å². The Morgan fingerprint density at radius 3 is 2.30 bits per heavy atom. The highest BCUT2D eigenvalue weighted by molar-refractivity contribution is 9.10. The summed E-state index contributed by atoms with van der Waals surface area (Å²) in [5, 5.41) is 0. The normalized spacial score (nSPS) is 10.3. The van der Waals surface area contributed by atoms with Gasteiger partial charge >= 0.3 is 0 Å². The lowest BCUT2D eigenvalue weighted by atomic mass is 10.1. The molecule has 2 aromatic rings. The van der Waals surface area contributed by atoms with Crippen molar-refractivity contribution in [2.45, 2.75) is 6.42 Å². The number of nitrogens with two attached hydrogens (primary N) is 2. The van der Waals surface area contributed by atoms with Gasteiger partial charge in [0.05, 0.1) is 18.7 Å². The standard InChI is InChI=1S/C13H15BrN4O2/c1-19-10-5-7(4-9(14)11(10)20-2)3-8-12(15)17-6-18-13(8)16/h4-6H,3H2,1-2H3,(H4,15,16,17,18). The summed E-state index contributed by atoms with van der Waals surface area (Å²) in [4.78, 5) is 7.91. The van der Waals surface area contributed by atoms with Crippen LogP contribution in [0.3, 0.4) is 0 Å². The fourth-order valence-electron chi connectivity index (χ4n) is 1.90. The first-order valence-corrected chi connectivity index (χ1v) is 6.61. The zero-order valence-electron chi connectivity index (χ0n) is 11.2. The van der Waals surface area contributed by atoms with E-state index < -0.39 is 0 Å². The first-order chi connectivity index (χ1) is 9.56. The number of hydrogen-bond donors (Lipinski definition) is 2. The molecule has 1 aromatic carbocycles. The van der Waals surface area contributed by atoms with Crippen LogP contribution in [-0.2, 0) is 6.42 Å². The Labute approximate surface area is 125 Å². The number of halogens is 1. The predicted octanol–water partition coefficient (Wildman–Crippen LogP) is 2.01. The molecular formula is C13H15BrN4O2. The van der Waals surface area contributed by atoms with Gasteiger partial charge in [0.25, 0.3) is 0 Å². The predicted molar refractivity (Wildman–Crippen MR) is 80.9 cm³/mol. The lowest BCUT2D eigenvalue weighted by Gasteiger charge is -2.13. The van der Waals surface area contributed by atoms with Crippen LogP contribution in [0.25, 0.3) is 0 Å². The first kappa shape index (κ1) is 14.4. The number of benzene rings is 1. The van der Waals surface area contributed by atoms with E-state index in [1.807, 2.05) is 12.1 Å². The Morgan fingerprint density at radius 1 is 1.10 bits per heavy atom. The van der Waals surface area contributed by atoms with Crippen molar-refractivity contribution in [3.8, 4) is 11.5 Å². The second kappa shape index (κ2) is 5.96. The lowest BCUT2D eigenvalue weighted by Crippen LogP contribution is -2.05. The maximum Gasteiger partial charge on any atom is 0.174 e. The Kier molecular flexibility index (Phi) is 4.29. The van der Waals surface area contributed by atoms with E-state index in [0.29, 0.717) is 35.1 Å². The number of ether oxygens (including phenoxy) is 2. The van der Waals surface area contributed by atoms with Crippen molar-refractivity contribution in [2.75, 3.05) is 25.7 Å². The minimum absolute atomic E-state index is 0.378. The molecule has 0 unspecified atom stereocenters. The van der Waals surface area contributed by atoms with E-state index in [1.54, 1.807) is 14.2 Å². The second-order valence-electron chi connectivity index (χ2n) is 4.11. The molecule has 0 amide bonds. The SMILES string of the molecule is COc1cc(Cc2c(N)ncnc2N)cc(Br)c1OC. The van der Waals surface area contributed by atoms with Crippen molar-refractivity contribution in [1.82, 2.24) is 9.97 Å². The molecule has 1 aromatic heterocycles. The topological polar surface area (TPSA) is 96.3 Å². The summed E-state index contributed by atoms with van der Waals surface area (Å²) >= 11 is 3.45. The second-order valence-corrected chi connectivity index (χ2v) is 4.97. The highest BCUT2D eigenvalue weighted by atomic mass is 79.9. The molecule has 0 bridgehead atoms. The summed E-state index contributed by atoms with van der Waals surface area (Å²) in [5.41, 5.74) is 13.3. The van der Waals surface area contributed by atoms with Crippen LogP contribution in [0.5, 0.6) is 11.5 Å². The van der Waals surface area contributed by atoms with E-state index in [1.165, 1.54) is 6.33 Å². The molecule has 2 rings (SSSR count). The van der Waals surface area contributed by atoms with E-state index in [9.17, 15) is 0 Å². The van der Waals surface area contributed by atoms with Gasteiger partial charge < -0.3 is 20.9 Å². The van der Waals surface area contributed by atoms with Crippen molar-refractivity contribution in [3.63, 3.8) is 0 Å². The molecule has 7 heteroatoms. The molecule has 0 saturated carbocycles. The van der Waals surface area contributed by atoms with Crippen LogP contribution in [0, 0.1) is 0 Å². The molecule has 0 saturated heterocycles. The van der Waals surface area contributed by atoms with Gasteiger partial charge in [-0.15, -0.1) is 0 Å². The summed E-state index contributed by atoms with van der Waals surface area (Å²) in [5.74, 6) is 2.03. The Balaban J connectivity index is 2.42. The average Bonchev–Trinajstić information content (AvgIpc) is 2.42. The third kappa shape index (κ3) is 2.77. The highest BCUT2D eigenvalue weighted by Crippen LogP contribution is 2.37. The fourth-order valence-corrected chi connectivity index (χ4v) is 2.55. The molecule has 0 aliphatic carbocycles. The summed E-state index contributed by atoms with van der Waals surface area (Å²) in [6.07, 6.45) is 1.86. The summed E-state index contributed by atoms with van der Waals surface area (Å²) in [6, 6.07) is 3.79. The molecule has 20 heavy (non-hydrogen) atoms. The number of methoxy groups -OCH3 is 2. The minimum Gasteiger partial charge on any atom is -0.493 e. The van der Waals surface area contributed by atoms with Gasteiger partial charge in [0, 0.05) is 12.0 Å². The Morgan fingerprint density at radius 2 is 1.75 bits per heavy atom. The van der Waals surface area contributed by atoms with E-state index in [-0.39, 0.29) is 0 Å². The maximum atomic E-state index is 5.84. The van der Waals surface area contributed by atoms with Crippen LogP contribution in [0.15, 0.2) is 22.9 Å². The van der Waals surface area contributed by atoms with Gasteiger partial charge in [0.1, 0.15) is 18.0 Å². The third-order valence-electron chi connectivity index (χ3n) is 2.89. The molecule has 0 fully saturated rings. The third-order valence-corrected chi connectivity index (χ3v) is 3.48. The van der Waals surface area contributed by atoms with E-state index in [0.717, 1.165) is 10.0 Å². The number of aromatic nitrogens is 2. The summed E-state index contributed by atoms with van der Waals surface area (Å²) in [7, 11) is 3.17. The van der Waals surface area contributed by atoms with Crippen LogP contribution in [0.1, 0.15) is 11.1 Å². The van der Waals surface area contributed by atoms with Crippen LogP contribution < -0.4 is 20.9 Å². The number of anilines is 2. The zero-order valence-corrected chi connectivity index (χ0v) is 12.8. The maximum absolute atomic E-state index is 5.84. The smallest absolute Gasteiger partial charge is 0.174 e. The number of hydrogen-bond acceptors (Lipinski definition) is 6. The number of nitrogens with zero attached hydrogens (tertiary/aromatic N) is 2. The van der Waals surface area contributed by atoms with E-state index >= 15 is 0 Å². The van der Waals surface area contributed by atoms with Crippen LogP contribution in [0.4, 0.5) is 11.6 Å². The number of nitrogen functional groups attached to an aromatic ring is 2. The van der Waals surface area contributed by atoms with Gasteiger partial charge in [-0.2, -0.15) is 0 Å². The molecule has 0 aliphatic rings. The fraction of sp³-hybridized carbons (Fsp3) is 0.231. The molecule has 0 aliphatic heterocycles. The largest absolute Gasteiger partial charge is 0.493 e. The van der Waals surface area contributed by atoms with Crippen LogP contribution in [0.2, 0.25) is 0 Å². The zero-order chi connectivity index (χ0) is 14.7. The van der Waals surface area contributed by atoms with Gasteiger partial charge in [-0.1, -0.05) is 0 Å². The molecule has 1 heterocycles. The molecule has 0 radical (unpaired) electrons. The Hall–Kier alpha value is -2.02. The lowest BCUT2D eigenvalue weighted by molar-refractivity contribution is 0.352. The molecule has 4 N–H and O–H groups in total. The van der Waals surface area contributed by atoms with E-state index in [2.05, 4.69) is 25.9 Å². The van der Waals surface area contributed by atoms with Gasteiger partial charge in [0.2, 0.25) is 0 Å². The van der Waals surface area contributed by atoms with Crippen molar-refractivity contribution < 1.29 is 9.47 Å². The monoisotopic (exact) mass is 338 g/mol. The number of rotatable bonds is 4. The van der Waals surface area contributed by atoms with Gasteiger partial charge in [-0.3, -0.25) is 0 Å². The molecule has 0 spiro atoms. The molecular weight excluding hydrogens is 324 g/mol. The highest BCUT2D eigenvalue weighted by Gasteiger charge is 2.13. The minimum atomic E-state index is 0.378. The first-order valence-electron chi connectivity index (χ1n) is 5.82. The van der Waals surface area contributed by atoms with Crippen molar-refractivity contribution in [1.29, 1.82) is 0 Å². The van der Waals surface area contributed by atoms with Crippen molar-refractivity contribution in [2.24, 2.45) is 0 Å². The Bertz CT molecular complexity index is 614. The summed E-state index contributed by atoms with van der Waals surface area (Å²) in [6.45, 7) is 0. The van der Waals surface area contributed by atoms with Crippen molar-refractivity contribution >= 4 is 27.6 Å². The molecule has 0 atom stereocenters. The quantitative estimate of drug-likeness (QED) is 0.885. The molecule has 6 nitrogen and oxygen atoms in total. The van der Waals surface area contributed by atoms with Crippen LogP contribution >= 0.6 is 15.9 Å². The summed E-state index contributed by atoms with van der Waals surface area (Å²) < 4.78 is 11.4.